The molecule has 2 aromatic rings. The van der Waals surface area contributed by atoms with Crippen molar-refractivity contribution in [2.75, 3.05) is 23.0 Å². The zero-order valence-electron chi connectivity index (χ0n) is 19.3. The van der Waals surface area contributed by atoms with Crippen LogP contribution in [-0.2, 0) is 16.1 Å². The average Bonchev–Trinajstić information content (AvgIpc) is 2.80. The molecule has 4 nitrogen and oxygen atoms in total. The van der Waals surface area contributed by atoms with Crippen LogP contribution in [0.1, 0.15) is 44.2 Å². The number of hydrogen-bond acceptors (Lipinski definition) is 4. The molecule has 3 rings (SSSR count). The summed E-state index contributed by atoms with van der Waals surface area (Å²) in [5.41, 5.74) is 3.21. The molecule has 0 bridgehead atoms. The van der Waals surface area contributed by atoms with Crippen molar-refractivity contribution in [3.8, 4) is 0 Å². The number of benzene rings is 2. The summed E-state index contributed by atoms with van der Waals surface area (Å²) in [6, 6.07) is 16.3. The van der Waals surface area contributed by atoms with Crippen LogP contribution < -0.4 is 10.2 Å². The summed E-state index contributed by atoms with van der Waals surface area (Å²) in [7, 11) is 0. The Hall–Kier alpha value is -1.92. The highest BCUT2D eigenvalue weighted by Crippen LogP contribution is 2.42. The van der Waals surface area contributed by atoms with Gasteiger partial charge >= 0.3 is 0 Å². The summed E-state index contributed by atoms with van der Waals surface area (Å²) < 4.78 is 0. The van der Waals surface area contributed by atoms with Crippen LogP contribution in [0.15, 0.2) is 53.4 Å². The van der Waals surface area contributed by atoms with Crippen LogP contribution in [0.3, 0.4) is 0 Å². The maximum absolute atomic E-state index is 13.5. The number of hydrogen-bond donors (Lipinski definition) is 1. The molecule has 1 heterocycles. The number of aryl methyl sites for hydroxylation is 1. The van der Waals surface area contributed by atoms with Crippen molar-refractivity contribution in [1.29, 1.82) is 0 Å². The number of nitrogens with zero attached hydrogens (tertiary/aromatic N) is 1. The maximum atomic E-state index is 13.5. The van der Waals surface area contributed by atoms with E-state index in [1.54, 1.807) is 0 Å². The van der Waals surface area contributed by atoms with Gasteiger partial charge < -0.3 is 10.2 Å². The molecule has 1 N–H and O–H groups in total. The predicted octanol–water partition coefficient (Wildman–Crippen LogP) is 5.68. The largest absolute Gasteiger partial charge is 0.356 e. The molecule has 0 unspecified atom stereocenters. The Balaban J connectivity index is 1.64. The molecule has 0 fully saturated rings. The first-order valence-electron chi connectivity index (χ1n) is 11.5. The molecule has 2 atom stereocenters. The average molecular weight is 471 g/mol. The van der Waals surface area contributed by atoms with E-state index in [4.69, 9.17) is 0 Å². The summed E-state index contributed by atoms with van der Waals surface area (Å²) in [6.07, 6.45) is 3.43. The van der Waals surface area contributed by atoms with E-state index in [0.717, 1.165) is 28.3 Å². The Labute approximate surface area is 200 Å². The number of carbonyl (C=O) groups is 2. The lowest BCUT2D eigenvalue weighted by Gasteiger charge is -2.35. The zero-order valence-corrected chi connectivity index (χ0v) is 20.9. The number of carbonyl (C=O) groups excluding carboxylic acids is 2. The summed E-state index contributed by atoms with van der Waals surface area (Å²) in [5.74, 6) is 1.82. The number of para-hydroxylation sites is 1. The third kappa shape index (κ3) is 6.55. The van der Waals surface area contributed by atoms with Crippen LogP contribution in [0.25, 0.3) is 0 Å². The lowest BCUT2D eigenvalue weighted by atomic mass is 10.0. The van der Waals surface area contributed by atoms with Crippen LogP contribution in [0.4, 0.5) is 5.69 Å². The molecule has 32 heavy (non-hydrogen) atoms. The normalized spacial score (nSPS) is 16.5. The fourth-order valence-corrected chi connectivity index (χ4v) is 5.96. The summed E-state index contributed by atoms with van der Waals surface area (Å²) in [5, 5.41) is 2.63. The van der Waals surface area contributed by atoms with Gasteiger partial charge in [0.1, 0.15) is 5.25 Å². The number of nitrogens with one attached hydrogen (secondary N) is 1. The van der Waals surface area contributed by atoms with Crippen LogP contribution in [0.5, 0.6) is 0 Å². The van der Waals surface area contributed by atoms with E-state index < -0.39 is 11.2 Å². The number of thioether (sulfide) groups is 2. The van der Waals surface area contributed by atoms with Gasteiger partial charge in [0.25, 0.3) is 0 Å². The van der Waals surface area contributed by atoms with E-state index in [9.17, 15) is 9.59 Å². The predicted molar refractivity (Wildman–Crippen MR) is 137 cm³/mol. The van der Waals surface area contributed by atoms with Gasteiger partial charge in [0.15, 0.2) is 0 Å². The molecule has 0 saturated carbocycles. The second-order valence-electron chi connectivity index (χ2n) is 8.32. The molecular formula is C26H34N2O2S2. The molecule has 1 aliphatic rings. The SMILES string of the molecule is CCCCSCCCNC(=O)[C@H](C)[C@H]1Sc2ccccc2N(Cc2ccc(C)cc2)C1=O. The second kappa shape index (κ2) is 12.4. The zero-order chi connectivity index (χ0) is 22.9. The van der Waals surface area contributed by atoms with Crippen LogP contribution in [0.2, 0.25) is 0 Å². The van der Waals surface area contributed by atoms with Gasteiger partial charge in [0, 0.05) is 11.4 Å². The topological polar surface area (TPSA) is 49.4 Å². The molecule has 2 aromatic carbocycles. The first kappa shape index (κ1) is 24.7. The van der Waals surface area contributed by atoms with Crippen molar-refractivity contribution in [1.82, 2.24) is 5.32 Å². The highest BCUT2D eigenvalue weighted by molar-refractivity contribution is 8.01. The molecule has 0 spiro atoms. The Morgan fingerprint density at radius 3 is 2.59 bits per heavy atom. The van der Waals surface area contributed by atoms with Crippen molar-refractivity contribution < 1.29 is 9.59 Å². The Morgan fingerprint density at radius 1 is 1.12 bits per heavy atom. The quantitative estimate of drug-likeness (QED) is 0.429. The molecule has 2 amide bonds. The van der Waals surface area contributed by atoms with Gasteiger partial charge in [-0.3, -0.25) is 9.59 Å². The summed E-state index contributed by atoms with van der Waals surface area (Å²) in [6.45, 7) is 7.31. The number of amides is 2. The minimum absolute atomic E-state index is 0.00652. The molecule has 0 saturated heterocycles. The highest BCUT2D eigenvalue weighted by atomic mass is 32.2. The van der Waals surface area contributed by atoms with E-state index in [-0.39, 0.29) is 11.8 Å². The van der Waals surface area contributed by atoms with E-state index in [2.05, 4.69) is 43.4 Å². The minimum Gasteiger partial charge on any atom is -0.356 e. The lowest BCUT2D eigenvalue weighted by molar-refractivity contribution is -0.128. The molecule has 0 aliphatic carbocycles. The summed E-state index contributed by atoms with van der Waals surface area (Å²) in [4.78, 5) is 29.2. The van der Waals surface area contributed by atoms with E-state index >= 15 is 0 Å². The highest BCUT2D eigenvalue weighted by Gasteiger charge is 2.39. The molecule has 6 heteroatoms. The van der Waals surface area contributed by atoms with Gasteiger partial charge in [-0.05, 0) is 49.0 Å². The lowest BCUT2D eigenvalue weighted by Crippen LogP contribution is -2.47. The van der Waals surface area contributed by atoms with Crippen LogP contribution in [-0.4, -0.2) is 35.1 Å². The fraction of sp³-hybridized carbons (Fsp3) is 0.462. The Kier molecular flexibility index (Phi) is 9.54. The Morgan fingerprint density at radius 2 is 1.84 bits per heavy atom. The molecule has 0 aromatic heterocycles. The van der Waals surface area contributed by atoms with E-state index in [1.807, 2.05) is 47.9 Å². The monoisotopic (exact) mass is 470 g/mol. The van der Waals surface area contributed by atoms with Crippen molar-refractivity contribution in [2.45, 2.75) is 56.7 Å². The molecular weight excluding hydrogens is 436 g/mol. The number of rotatable bonds is 11. The van der Waals surface area contributed by atoms with Crippen molar-refractivity contribution >= 4 is 41.0 Å². The van der Waals surface area contributed by atoms with Gasteiger partial charge in [-0.25, -0.2) is 0 Å². The molecule has 0 radical (unpaired) electrons. The third-order valence-corrected chi connectivity index (χ3v) is 8.27. The van der Waals surface area contributed by atoms with Crippen molar-refractivity contribution in [3.63, 3.8) is 0 Å². The fourth-order valence-electron chi connectivity index (χ4n) is 3.63. The van der Waals surface area contributed by atoms with Crippen LogP contribution >= 0.6 is 23.5 Å². The number of fused-ring (bicyclic) bond motifs is 1. The number of unbranched alkanes of at least 4 members (excludes halogenated alkanes) is 1. The summed E-state index contributed by atoms with van der Waals surface area (Å²) >= 11 is 3.46. The van der Waals surface area contributed by atoms with Gasteiger partial charge in [-0.1, -0.05) is 62.2 Å². The van der Waals surface area contributed by atoms with E-state index in [0.29, 0.717) is 13.1 Å². The second-order valence-corrected chi connectivity index (χ2v) is 10.7. The van der Waals surface area contributed by atoms with Gasteiger partial charge in [0.05, 0.1) is 18.2 Å². The number of anilines is 1. The first-order chi connectivity index (χ1) is 15.5. The van der Waals surface area contributed by atoms with Crippen molar-refractivity contribution in [3.05, 3.63) is 59.7 Å². The standard InChI is InChI=1S/C26H34N2O2S2/c1-4-5-16-31-17-8-15-27-25(29)20(3)24-26(30)28(18-21-13-11-19(2)12-14-21)22-9-6-7-10-23(22)32-24/h6-7,9-14,20,24H,4-5,8,15-18H2,1-3H3,(H,27,29)/t20-,24-/m1/s1. The molecule has 172 valence electrons. The van der Waals surface area contributed by atoms with Crippen LogP contribution in [0, 0.1) is 12.8 Å². The smallest absolute Gasteiger partial charge is 0.241 e. The Bertz CT molecular complexity index is 901. The van der Waals surface area contributed by atoms with E-state index in [1.165, 1.54) is 35.9 Å². The first-order valence-corrected chi connectivity index (χ1v) is 13.5. The van der Waals surface area contributed by atoms with Gasteiger partial charge in [-0.2, -0.15) is 11.8 Å². The maximum Gasteiger partial charge on any atom is 0.241 e. The molecule has 1 aliphatic heterocycles. The van der Waals surface area contributed by atoms with Crippen molar-refractivity contribution in [2.24, 2.45) is 5.92 Å². The minimum atomic E-state index is -0.422. The van der Waals surface area contributed by atoms with Gasteiger partial charge in [-0.15, -0.1) is 11.8 Å². The van der Waals surface area contributed by atoms with Gasteiger partial charge in [0.2, 0.25) is 11.8 Å². The third-order valence-electron chi connectivity index (χ3n) is 5.66.